The molecule has 1 aliphatic heterocycles. The van der Waals surface area contributed by atoms with E-state index in [0.717, 1.165) is 41.6 Å². The number of hydrogen-bond acceptors (Lipinski definition) is 3. The summed E-state index contributed by atoms with van der Waals surface area (Å²) < 4.78 is 0. The highest BCUT2D eigenvalue weighted by Crippen LogP contribution is 2.40. The lowest BCUT2D eigenvalue weighted by Crippen LogP contribution is -2.40. The topological polar surface area (TPSA) is 69.2 Å². The van der Waals surface area contributed by atoms with Crippen molar-refractivity contribution in [3.8, 4) is 11.3 Å². The minimum absolute atomic E-state index is 0.0776. The van der Waals surface area contributed by atoms with Gasteiger partial charge < -0.3 is 10.0 Å². The van der Waals surface area contributed by atoms with Crippen LogP contribution in [0.4, 0.5) is 0 Å². The molecule has 28 heavy (non-hydrogen) atoms. The van der Waals surface area contributed by atoms with Crippen molar-refractivity contribution in [1.29, 1.82) is 0 Å². The fourth-order valence-corrected chi connectivity index (χ4v) is 4.91. The van der Waals surface area contributed by atoms with Crippen LogP contribution in [0.2, 0.25) is 0 Å². The number of nitrogens with one attached hydrogen (secondary N) is 1. The molecule has 5 nitrogen and oxygen atoms in total. The largest absolute Gasteiger partial charge is 0.396 e. The molecule has 4 rings (SSSR count). The van der Waals surface area contributed by atoms with Gasteiger partial charge in [-0.2, -0.15) is 5.10 Å². The van der Waals surface area contributed by atoms with E-state index in [1.165, 1.54) is 11.3 Å². The van der Waals surface area contributed by atoms with Crippen LogP contribution in [0.25, 0.3) is 11.3 Å². The average molecular weight is 382 g/mol. The minimum atomic E-state index is 0.0776. The molecule has 0 spiro atoms. The maximum Gasteiger partial charge on any atom is 0.254 e. The van der Waals surface area contributed by atoms with E-state index in [9.17, 15) is 9.90 Å². The Bertz CT molecular complexity index is 899. The van der Waals surface area contributed by atoms with E-state index in [1.807, 2.05) is 17.0 Å². The summed E-state index contributed by atoms with van der Waals surface area (Å²) in [6, 6.07) is 6.21. The first-order chi connectivity index (χ1) is 13.3. The van der Waals surface area contributed by atoms with Gasteiger partial charge in [-0.25, -0.2) is 0 Å². The Morgan fingerprint density at radius 2 is 2.11 bits per heavy atom. The summed E-state index contributed by atoms with van der Waals surface area (Å²) in [5.41, 5.74) is 6.83. The highest BCUT2D eigenvalue weighted by atomic mass is 16.3. The second-order valence-corrected chi connectivity index (χ2v) is 9.32. The molecule has 2 aromatic rings. The highest BCUT2D eigenvalue weighted by Gasteiger charge is 2.36. The van der Waals surface area contributed by atoms with Gasteiger partial charge in [-0.05, 0) is 48.3 Å². The highest BCUT2D eigenvalue weighted by molar-refractivity contribution is 5.99. The van der Waals surface area contributed by atoms with Gasteiger partial charge in [-0.3, -0.25) is 9.89 Å². The molecule has 2 heterocycles. The Morgan fingerprint density at radius 1 is 1.32 bits per heavy atom. The number of aromatic amines is 1. The van der Waals surface area contributed by atoms with E-state index in [0.29, 0.717) is 18.9 Å². The van der Waals surface area contributed by atoms with Crippen LogP contribution in [0, 0.1) is 11.3 Å². The van der Waals surface area contributed by atoms with Gasteiger partial charge in [-0.15, -0.1) is 0 Å². The second kappa shape index (κ2) is 7.03. The molecular weight excluding hydrogens is 350 g/mol. The van der Waals surface area contributed by atoms with E-state index in [-0.39, 0.29) is 24.0 Å². The molecule has 1 aliphatic carbocycles. The quantitative estimate of drug-likeness (QED) is 0.796. The molecule has 0 saturated heterocycles. The first-order valence-electron chi connectivity index (χ1n) is 10.5. The van der Waals surface area contributed by atoms with Gasteiger partial charge >= 0.3 is 0 Å². The Kier molecular flexibility index (Phi) is 4.82. The minimum Gasteiger partial charge on any atom is -0.396 e. The number of rotatable bonds is 6. The van der Waals surface area contributed by atoms with Gasteiger partial charge in [0.15, 0.2) is 0 Å². The van der Waals surface area contributed by atoms with Crippen molar-refractivity contribution in [2.75, 3.05) is 6.61 Å². The predicted molar refractivity (Wildman–Crippen MR) is 110 cm³/mol. The Balaban J connectivity index is 1.64. The molecule has 5 heteroatoms. The van der Waals surface area contributed by atoms with Crippen molar-refractivity contribution < 1.29 is 9.90 Å². The second-order valence-electron chi connectivity index (χ2n) is 9.32. The maximum absolute atomic E-state index is 13.0. The molecule has 1 unspecified atom stereocenters. The zero-order valence-corrected chi connectivity index (χ0v) is 17.4. The van der Waals surface area contributed by atoms with Crippen LogP contribution in [0.3, 0.4) is 0 Å². The van der Waals surface area contributed by atoms with Crippen molar-refractivity contribution in [2.45, 2.75) is 66.0 Å². The molecule has 2 aliphatic rings. The number of fused-ring (bicyclic) bond motifs is 2. The standard InChI is InChI=1S/C23H31N3O2/c1-5-14(2)20(8-9-27)26-13-16-10-15(6-7-17(16)22(26)28)21-18-11-23(3,4)12-19(18)24-25-21/h6-7,10,14,20,27H,5,8-9,11-13H2,1-4H3,(H,24,25)/t14-,20?/m0/s1. The Hall–Kier alpha value is -2.14. The monoisotopic (exact) mass is 381 g/mol. The molecular formula is C23H31N3O2. The summed E-state index contributed by atoms with van der Waals surface area (Å²) in [6.07, 6.45) is 3.68. The lowest BCUT2D eigenvalue weighted by Gasteiger charge is -2.32. The van der Waals surface area contributed by atoms with Crippen LogP contribution in [0.15, 0.2) is 18.2 Å². The van der Waals surface area contributed by atoms with Crippen molar-refractivity contribution >= 4 is 5.91 Å². The van der Waals surface area contributed by atoms with Crippen LogP contribution >= 0.6 is 0 Å². The Morgan fingerprint density at radius 3 is 2.82 bits per heavy atom. The molecule has 1 amide bonds. The van der Waals surface area contributed by atoms with E-state index in [1.54, 1.807) is 0 Å². The molecule has 1 aromatic carbocycles. The van der Waals surface area contributed by atoms with Crippen LogP contribution < -0.4 is 0 Å². The third kappa shape index (κ3) is 3.16. The van der Waals surface area contributed by atoms with E-state index in [4.69, 9.17) is 0 Å². The molecule has 150 valence electrons. The van der Waals surface area contributed by atoms with Crippen LogP contribution in [0.5, 0.6) is 0 Å². The van der Waals surface area contributed by atoms with E-state index in [2.05, 4.69) is 44.0 Å². The average Bonchev–Trinajstić information content (AvgIpc) is 3.28. The molecule has 0 bridgehead atoms. The summed E-state index contributed by atoms with van der Waals surface area (Å²) in [4.78, 5) is 15.0. The van der Waals surface area contributed by atoms with Gasteiger partial charge in [0.1, 0.15) is 0 Å². The van der Waals surface area contributed by atoms with E-state index < -0.39 is 0 Å². The number of nitrogens with zero attached hydrogens (tertiary/aromatic N) is 2. The molecule has 0 saturated carbocycles. The SMILES string of the molecule is CC[C@H](C)C(CCO)N1Cc2cc(-c3n[nH]c4c3CC(C)(C)C4)ccc2C1=O. The summed E-state index contributed by atoms with van der Waals surface area (Å²) in [7, 11) is 0. The van der Waals surface area contributed by atoms with Gasteiger partial charge in [0.25, 0.3) is 5.91 Å². The number of hydrogen-bond donors (Lipinski definition) is 2. The number of carbonyl (C=O) groups excluding carboxylic acids is 1. The summed E-state index contributed by atoms with van der Waals surface area (Å²) >= 11 is 0. The van der Waals surface area contributed by atoms with Crippen molar-refractivity contribution in [3.63, 3.8) is 0 Å². The summed E-state index contributed by atoms with van der Waals surface area (Å²) in [5, 5.41) is 17.3. The maximum atomic E-state index is 13.0. The van der Waals surface area contributed by atoms with Gasteiger partial charge in [-0.1, -0.05) is 40.2 Å². The summed E-state index contributed by atoms with van der Waals surface area (Å²) in [6.45, 7) is 9.61. The number of aliphatic hydroxyl groups is 1. The third-order valence-corrected chi connectivity index (χ3v) is 6.60. The van der Waals surface area contributed by atoms with Gasteiger partial charge in [0, 0.05) is 41.6 Å². The van der Waals surface area contributed by atoms with Crippen LogP contribution in [-0.2, 0) is 19.4 Å². The molecule has 1 aromatic heterocycles. The van der Waals surface area contributed by atoms with Crippen LogP contribution in [-0.4, -0.2) is 38.8 Å². The zero-order chi connectivity index (χ0) is 20.1. The smallest absolute Gasteiger partial charge is 0.254 e. The number of aliphatic hydroxyl groups excluding tert-OH is 1. The lowest BCUT2D eigenvalue weighted by molar-refractivity contribution is 0.0593. The fraction of sp³-hybridized carbons (Fsp3) is 0.565. The first-order valence-corrected chi connectivity index (χ1v) is 10.5. The predicted octanol–water partition coefficient (Wildman–Crippen LogP) is 3.95. The van der Waals surface area contributed by atoms with Crippen molar-refractivity contribution in [3.05, 3.63) is 40.6 Å². The number of carbonyl (C=O) groups is 1. The number of aromatic nitrogens is 2. The van der Waals surface area contributed by atoms with Crippen molar-refractivity contribution in [2.24, 2.45) is 11.3 Å². The van der Waals surface area contributed by atoms with Gasteiger partial charge in [0.05, 0.1) is 5.69 Å². The first kappa shape index (κ1) is 19.2. The fourth-order valence-electron chi connectivity index (χ4n) is 4.91. The number of benzene rings is 1. The Labute approximate surface area is 167 Å². The lowest BCUT2D eigenvalue weighted by atomic mass is 9.90. The number of H-pyrrole nitrogens is 1. The number of amides is 1. The summed E-state index contributed by atoms with van der Waals surface area (Å²) in [5.74, 6) is 0.454. The third-order valence-electron chi connectivity index (χ3n) is 6.60. The van der Waals surface area contributed by atoms with Gasteiger partial charge in [0.2, 0.25) is 0 Å². The molecule has 0 radical (unpaired) electrons. The van der Waals surface area contributed by atoms with Crippen LogP contribution in [0.1, 0.15) is 67.7 Å². The zero-order valence-electron chi connectivity index (χ0n) is 17.4. The molecule has 2 atom stereocenters. The van der Waals surface area contributed by atoms with Crippen molar-refractivity contribution in [1.82, 2.24) is 15.1 Å². The van der Waals surface area contributed by atoms with E-state index >= 15 is 0 Å². The normalized spacial score (nSPS) is 19.6. The molecule has 2 N–H and O–H groups in total. The molecule has 0 fully saturated rings.